The van der Waals surface area contributed by atoms with Crippen molar-refractivity contribution < 1.29 is 36.1 Å². The third kappa shape index (κ3) is 6.53. The molecule has 10 heteroatoms. The summed E-state index contributed by atoms with van der Waals surface area (Å²) in [5.74, 6) is -0.738. The normalized spacial score (nSPS) is 14.0. The summed E-state index contributed by atoms with van der Waals surface area (Å²) in [5.41, 5.74) is 2.75. The molecule has 161 valence electrons. The summed E-state index contributed by atoms with van der Waals surface area (Å²) < 4.78 is 42.3. The molecular formula is C20H21F2MnN3O4. The quantitative estimate of drug-likeness (QED) is 0.497. The van der Waals surface area contributed by atoms with E-state index in [4.69, 9.17) is 7.67 Å². The summed E-state index contributed by atoms with van der Waals surface area (Å²) in [7, 11) is 0. The predicted octanol–water partition coefficient (Wildman–Crippen LogP) is 3.72. The van der Waals surface area contributed by atoms with Gasteiger partial charge in [0, 0.05) is 11.6 Å². The summed E-state index contributed by atoms with van der Waals surface area (Å²) in [6.45, 7) is 3.48. The number of carbonyl (C=O) groups is 1. The fraction of sp³-hybridized carbons (Fsp3) is 0.250. The molecule has 1 atom stereocenters. The zero-order valence-electron chi connectivity index (χ0n) is 15.5. The molecule has 1 aromatic heterocycles. The Kier molecular flexibility index (Phi) is 9.42. The molecule has 0 saturated heterocycles. The Balaban J connectivity index is 0.000000258. The first-order valence-electron chi connectivity index (χ1n) is 8.40. The van der Waals surface area contributed by atoms with E-state index in [0.29, 0.717) is 28.8 Å². The Bertz CT molecular complexity index is 1140. The van der Waals surface area contributed by atoms with Crippen molar-refractivity contribution in [2.45, 2.75) is 27.7 Å². The molecule has 1 aliphatic heterocycles. The number of nitrogens with zero attached hydrogens (tertiary/aromatic N) is 1. The molecule has 0 saturated carbocycles. The van der Waals surface area contributed by atoms with Crippen molar-refractivity contribution in [2.75, 3.05) is 5.32 Å². The molecule has 7 nitrogen and oxygen atoms in total. The second-order valence-corrected chi connectivity index (χ2v) is 6.47. The van der Waals surface area contributed by atoms with Crippen LogP contribution in [0.2, 0.25) is 0 Å². The van der Waals surface area contributed by atoms with Gasteiger partial charge in [0.15, 0.2) is 0 Å². The standard InChI is InChI=1S/C10H10FNO.C9H7FN2O.CH4.Mn.2O/c1-6-4-7-2-3-8(11)5-9(7)12-10(6)13;1-5-9(13)12-8-4-6(10)2-3-7(8)11-5;;;;/h2-3,5-6H,4H2,1H3,(H,12,13);2-4H,1H3,(H,12,13);1H4;;;. The SMILES string of the molecule is C.CC1Cc2ccc(F)cc2NC1=O.Cc1nc2ccc(F)cc2[nH]c1=O.[O]=[Mn]=[O]. The van der Waals surface area contributed by atoms with Crippen molar-refractivity contribution >= 4 is 22.6 Å². The summed E-state index contributed by atoms with van der Waals surface area (Å²) in [4.78, 5) is 28.9. The number of rotatable bonds is 0. The Labute approximate surface area is 177 Å². The minimum absolute atomic E-state index is 0. The van der Waals surface area contributed by atoms with Crippen LogP contribution in [0.5, 0.6) is 0 Å². The number of aromatic nitrogens is 2. The number of anilines is 1. The topological polar surface area (TPSA) is 109 Å². The molecule has 1 amide bonds. The van der Waals surface area contributed by atoms with E-state index in [9.17, 15) is 18.4 Å². The monoisotopic (exact) mass is 460 g/mol. The number of carbonyl (C=O) groups excluding carboxylic acids is 1. The van der Waals surface area contributed by atoms with Gasteiger partial charge in [-0.25, -0.2) is 13.8 Å². The third-order valence-electron chi connectivity index (χ3n) is 4.13. The molecule has 2 aromatic carbocycles. The molecular weight excluding hydrogens is 439 g/mol. The van der Waals surface area contributed by atoms with Crippen LogP contribution in [-0.2, 0) is 33.7 Å². The number of hydrogen-bond donors (Lipinski definition) is 2. The average Bonchev–Trinajstić information content (AvgIpc) is 2.65. The summed E-state index contributed by atoms with van der Waals surface area (Å²) in [6, 6.07) is 8.60. The van der Waals surface area contributed by atoms with Gasteiger partial charge in [-0.1, -0.05) is 20.4 Å². The maximum atomic E-state index is 12.8. The van der Waals surface area contributed by atoms with Crippen LogP contribution in [0.3, 0.4) is 0 Å². The predicted molar refractivity (Wildman–Crippen MR) is 103 cm³/mol. The number of H-pyrrole nitrogens is 1. The molecule has 1 unspecified atom stereocenters. The second-order valence-electron chi connectivity index (χ2n) is 6.27. The van der Waals surface area contributed by atoms with E-state index in [1.807, 2.05) is 6.92 Å². The van der Waals surface area contributed by atoms with Crippen molar-refractivity contribution in [3.63, 3.8) is 0 Å². The summed E-state index contributed by atoms with van der Waals surface area (Å²) >= 11 is -1.44. The van der Waals surface area contributed by atoms with Crippen LogP contribution in [0.25, 0.3) is 11.0 Å². The third-order valence-corrected chi connectivity index (χ3v) is 4.13. The number of aryl methyl sites for hydroxylation is 1. The van der Waals surface area contributed by atoms with Crippen molar-refractivity contribution in [1.82, 2.24) is 9.97 Å². The van der Waals surface area contributed by atoms with Crippen LogP contribution in [0.4, 0.5) is 14.5 Å². The summed E-state index contributed by atoms with van der Waals surface area (Å²) in [6.07, 6.45) is 0.696. The first-order chi connectivity index (χ1) is 13.7. The number of amides is 1. The van der Waals surface area contributed by atoms with Crippen LogP contribution >= 0.6 is 0 Å². The van der Waals surface area contributed by atoms with Crippen molar-refractivity contribution in [3.05, 3.63) is 69.6 Å². The van der Waals surface area contributed by atoms with Crippen molar-refractivity contribution in [1.29, 1.82) is 0 Å². The van der Waals surface area contributed by atoms with Gasteiger partial charge in [0.2, 0.25) is 5.91 Å². The van der Waals surface area contributed by atoms with Crippen LogP contribution in [0.1, 0.15) is 25.6 Å². The Morgan fingerprint density at radius 1 is 1.07 bits per heavy atom. The van der Waals surface area contributed by atoms with Gasteiger partial charge < -0.3 is 10.3 Å². The van der Waals surface area contributed by atoms with Gasteiger partial charge in [0.1, 0.15) is 17.3 Å². The number of benzene rings is 2. The first kappa shape index (κ1) is 25.1. The fourth-order valence-corrected chi connectivity index (χ4v) is 2.67. The van der Waals surface area contributed by atoms with Gasteiger partial charge in [0.25, 0.3) is 5.56 Å². The van der Waals surface area contributed by atoms with E-state index in [0.717, 1.165) is 5.56 Å². The van der Waals surface area contributed by atoms with Gasteiger partial charge in [-0.3, -0.25) is 9.59 Å². The zero-order chi connectivity index (χ0) is 21.6. The fourth-order valence-electron chi connectivity index (χ4n) is 2.67. The Hall–Kier alpha value is -2.97. The molecule has 0 bridgehead atoms. The Morgan fingerprint density at radius 2 is 1.67 bits per heavy atom. The van der Waals surface area contributed by atoms with Crippen LogP contribution in [0.15, 0.2) is 41.2 Å². The van der Waals surface area contributed by atoms with E-state index >= 15 is 0 Å². The number of hydrogen-bond acceptors (Lipinski definition) is 5. The molecule has 4 rings (SSSR count). The van der Waals surface area contributed by atoms with Crippen LogP contribution < -0.4 is 10.9 Å². The number of fused-ring (bicyclic) bond motifs is 2. The first-order valence-corrected chi connectivity index (χ1v) is 9.36. The molecule has 0 radical (unpaired) electrons. The molecule has 0 spiro atoms. The molecule has 3 aromatic rings. The van der Waals surface area contributed by atoms with Gasteiger partial charge in [-0.15, -0.1) is 0 Å². The zero-order valence-corrected chi connectivity index (χ0v) is 16.6. The van der Waals surface area contributed by atoms with E-state index in [1.165, 1.54) is 30.3 Å². The van der Waals surface area contributed by atoms with Gasteiger partial charge >= 0.3 is 22.5 Å². The van der Waals surface area contributed by atoms with Gasteiger partial charge in [-0.2, -0.15) is 0 Å². The van der Waals surface area contributed by atoms with E-state index < -0.39 is 14.8 Å². The van der Waals surface area contributed by atoms with E-state index in [1.54, 1.807) is 13.0 Å². The number of nitrogens with one attached hydrogen (secondary N) is 2. The molecule has 2 N–H and O–H groups in total. The van der Waals surface area contributed by atoms with Crippen molar-refractivity contribution in [3.8, 4) is 0 Å². The van der Waals surface area contributed by atoms with Crippen LogP contribution in [0, 0.1) is 24.5 Å². The van der Waals surface area contributed by atoms with E-state index in [-0.39, 0.29) is 36.4 Å². The molecule has 30 heavy (non-hydrogen) atoms. The molecule has 0 aliphatic carbocycles. The van der Waals surface area contributed by atoms with Gasteiger partial charge in [-0.05, 0) is 49.2 Å². The van der Waals surface area contributed by atoms with Crippen molar-refractivity contribution in [2.24, 2.45) is 5.92 Å². The number of aromatic amines is 1. The maximum absolute atomic E-state index is 12.8. The second kappa shape index (κ2) is 11.3. The van der Waals surface area contributed by atoms with E-state index in [2.05, 4.69) is 15.3 Å². The minimum atomic E-state index is -1.44. The molecule has 1 aliphatic rings. The summed E-state index contributed by atoms with van der Waals surface area (Å²) in [5, 5.41) is 2.67. The van der Waals surface area contributed by atoms with Gasteiger partial charge in [0.05, 0.1) is 11.0 Å². The Morgan fingerprint density at radius 3 is 2.33 bits per heavy atom. The van der Waals surface area contributed by atoms with Crippen LogP contribution in [-0.4, -0.2) is 15.9 Å². The number of halogens is 2. The molecule has 2 heterocycles. The molecule has 0 fully saturated rings. The average molecular weight is 460 g/mol.